The van der Waals surface area contributed by atoms with Gasteiger partial charge in [-0.3, -0.25) is 9.59 Å². The van der Waals surface area contributed by atoms with Gasteiger partial charge in [-0.25, -0.2) is 9.18 Å². The minimum atomic E-state index is -0.546. The average Bonchev–Trinajstić information content (AvgIpc) is 3.24. The summed E-state index contributed by atoms with van der Waals surface area (Å²) < 4.78 is 24.8. The van der Waals surface area contributed by atoms with Crippen LogP contribution in [0.2, 0.25) is 0 Å². The second-order valence-electron chi connectivity index (χ2n) is 8.51. The minimum absolute atomic E-state index is 0.0247. The van der Waals surface area contributed by atoms with Crippen LogP contribution < -0.4 is 5.32 Å². The molecule has 4 rings (SSSR count). The number of hydrogen-bond acceptors (Lipinski definition) is 5. The van der Waals surface area contributed by atoms with Crippen LogP contribution in [0.25, 0.3) is 0 Å². The van der Waals surface area contributed by atoms with Crippen LogP contribution >= 0.6 is 0 Å². The van der Waals surface area contributed by atoms with E-state index in [0.29, 0.717) is 30.8 Å². The molecule has 0 bridgehead atoms. The third-order valence-corrected chi connectivity index (χ3v) is 6.46. The Hall–Kier alpha value is -3.26. The van der Waals surface area contributed by atoms with Crippen LogP contribution in [-0.4, -0.2) is 61.1 Å². The summed E-state index contributed by atoms with van der Waals surface area (Å²) in [5, 5.41) is 2.77. The van der Waals surface area contributed by atoms with Crippen molar-refractivity contribution < 1.29 is 28.2 Å². The lowest BCUT2D eigenvalue weighted by atomic mass is 9.88. The predicted molar refractivity (Wildman–Crippen MR) is 118 cm³/mol. The quantitative estimate of drug-likeness (QED) is 0.702. The number of halogens is 1. The molecule has 1 N–H and O–H groups in total. The highest BCUT2D eigenvalue weighted by molar-refractivity contribution is 5.96. The maximum Gasteiger partial charge on any atom is 0.337 e. The number of methoxy groups -OCH3 is 1. The van der Waals surface area contributed by atoms with Gasteiger partial charge in [-0.1, -0.05) is 12.1 Å². The molecule has 8 heteroatoms. The first-order valence-corrected chi connectivity index (χ1v) is 11.1. The molecular formula is C25H27FN2O5. The molecule has 2 heterocycles. The highest BCUT2D eigenvalue weighted by Crippen LogP contribution is 2.39. The van der Waals surface area contributed by atoms with Crippen LogP contribution in [0.15, 0.2) is 48.5 Å². The average molecular weight is 454 g/mol. The zero-order valence-corrected chi connectivity index (χ0v) is 18.5. The van der Waals surface area contributed by atoms with Gasteiger partial charge in [-0.15, -0.1) is 0 Å². The molecule has 2 amide bonds. The first-order chi connectivity index (χ1) is 15.9. The number of ether oxygens (including phenoxy) is 2. The maximum absolute atomic E-state index is 13.8. The minimum Gasteiger partial charge on any atom is -0.465 e. The molecule has 174 valence electrons. The normalized spacial score (nSPS) is 19.3. The monoisotopic (exact) mass is 454 g/mol. The number of esters is 1. The fraction of sp³-hybridized carbons (Fsp3) is 0.400. The van der Waals surface area contributed by atoms with Crippen molar-refractivity contribution in [3.05, 3.63) is 71.0 Å². The number of carbonyl (C=O) groups is 3. The molecule has 1 atom stereocenters. The molecule has 0 saturated carbocycles. The van der Waals surface area contributed by atoms with E-state index in [-0.39, 0.29) is 23.2 Å². The van der Waals surface area contributed by atoms with Crippen LogP contribution in [0.4, 0.5) is 4.39 Å². The Balaban J connectivity index is 1.27. The van der Waals surface area contributed by atoms with E-state index >= 15 is 0 Å². The molecule has 2 aliphatic heterocycles. The summed E-state index contributed by atoms with van der Waals surface area (Å²) >= 11 is 0. The molecule has 7 nitrogen and oxygen atoms in total. The van der Waals surface area contributed by atoms with E-state index in [1.54, 1.807) is 41.3 Å². The summed E-state index contributed by atoms with van der Waals surface area (Å²) in [6.07, 6.45) is 2.98. The summed E-state index contributed by atoms with van der Waals surface area (Å²) in [7, 11) is 1.32. The van der Waals surface area contributed by atoms with Gasteiger partial charge >= 0.3 is 5.97 Å². The zero-order chi connectivity index (χ0) is 23.4. The Morgan fingerprint density at radius 1 is 1.06 bits per heavy atom. The fourth-order valence-electron chi connectivity index (χ4n) is 4.52. The molecule has 2 aromatic rings. The van der Waals surface area contributed by atoms with Crippen molar-refractivity contribution in [1.29, 1.82) is 0 Å². The van der Waals surface area contributed by atoms with Gasteiger partial charge in [-0.2, -0.15) is 0 Å². The molecule has 0 aliphatic carbocycles. The molecule has 0 radical (unpaired) electrons. The van der Waals surface area contributed by atoms with Gasteiger partial charge in [0.25, 0.3) is 11.8 Å². The molecule has 1 unspecified atom stereocenters. The van der Waals surface area contributed by atoms with E-state index in [9.17, 15) is 18.8 Å². The maximum atomic E-state index is 13.8. The summed E-state index contributed by atoms with van der Waals surface area (Å²) in [4.78, 5) is 38.5. The number of amides is 2. The summed E-state index contributed by atoms with van der Waals surface area (Å²) in [5.41, 5.74) is 0.661. The number of carbonyl (C=O) groups excluding carboxylic acids is 3. The number of nitrogens with zero attached hydrogens (tertiary/aromatic N) is 1. The van der Waals surface area contributed by atoms with Crippen molar-refractivity contribution >= 4 is 17.8 Å². The number of hydrogen-bond donors (Lipinski definition) is 1. The smallest absolute Gasteiger partial charge is 0.337 e. The van der Waals surface area contributed by atoms with Gasteiger partial charge in [0.2, 0.25) is 0 Å². The van der Waals surface area contributed by atoms with Crippen molar-refractivity contribution in [3.63, 3.8) is 0 Å². The Kier molecular flexibility index (Phi) is 6.74. The highest BCUT2D eigenvalue weighted by Gasteiger charge is 2.43. The lowest BCUT2D eigenvalue weighted by Crippen LogP contribution is -2.47. The molecule has 2 saturated heterocycles. The van der Waals surface area contributed by atoms with Crippen molar-refractivity contribution in [2.45, 2.75) is 37.4 Å². The van der Waals surface area contributed by atoms with Gasteiger partial charge < -0.3 is 19.7 Å². The van der Waals surface area contributed by atoms with Crippen LogP contribution in [-0.2, 0) is 9.47 Å². The molecule has 2 aromatic carbocycles. The first-order valence-electron chi connectivity index (χ1n) is 11.1. The summed E-state index contributed by atoms with van der Waals surface area (Å²) in [6.45, 7) is 1.47. The van der Waals surface area contributed by atoms with Gasteiger partial charge in [0.15, 0.2) is 0 Å². The van der Waals surface area contributed by atoms with Gasteiger partial charge in [-0.05, 0) is 62.1 Å². The number of likely N-dealkylation sites (tertiary alicyclic amines) is 1. The van der Waals surface area contributed by atoms with Gasteiger partial charge in [0, 0.05) is 25.2 Å². The van der Waals surface area contributed by atoms with Gasteiger partial charge in [0.1, 0.15) is 5.82 Å². The lowest BCUT2D eigenvalue weighted by Gasteiger charge is -2.39. The van der Waals surface area contributed by atoms with Crippen LogP contribution in [0.1, 0.15) is 56.8 Å². The van der Waals surface area contributed by atoms with Crippen molar-refractivity contribution in [2.24, 2.45) is 0 Å². The molecular weight excluding hydrogens is 427 g/mol. The van der Waals surface area contributed by atoms with Crippen molar-refractivity contribution in [2.75, 3.05) is 26.7 Å². The van der Waals surface area contributed by atoms with E-state index in [4.69, 9.17) is 4.74 Å². The van der Waals surface area contributed by atoms with Gasteiger partial charge in [0.05, 0.1) is 29.9 Å². The van der Waals surface area contributed by atoms with E-state index in [0.717, 1.165) is 25.7 Å². The Morgan fingerprint density at radius 2 is 1.73 bits per heavy atom. The first kappa shape index (κ1) is 22.9. The largest absolute Gasteiger partial charge is 0.465 e. The predicted octanol–water partition coefficient (Wildman–Crippen LogP) is 3.20. The fourth-order valence-corrected chi connectivity index (χ4v) is 4.52. The number of rotatable bonds is 5. The molecule has 0 aromatic heterocycles. The number of benzene rings is 2. The lowest BCUT2D eigenvalue weighted by molar-refractivity contribution is -0.0712. The number of nitrogens with one attached hydrogen (secondary N) is 1. The van der Waals surface area contributed by atoms with E-state index < -0.39 is 17.7 Å². The van der Waals surface area contributed by atoms with Crippen LogP contribution in [0, 0.1) is 5.82 Å². The SMILES string of the molecule is COC(=O)c1ccc(C(=O)N2CCC3(CCC(CNC(=O)c4ccccc4F)O3)CC2)cc1. The topological polar surface area (TPSA) is 84.9 Å². The third-order valence-electron chi connectivity index (χ3n) is 6.46. The molecule has 2 fully saturated rings. The van der Waals surface area contributed by atoms with Crippen molar-refractivity contribution in [3.8, 4) is 0 Å². The molecule has 33 heavy (non-hydrogen) atoms. The van der Waals surface area contributed by atoms with Crippen molar-refractivity contribution in [1.82, 2.24) is 10.2 Å². The summed E-state index contributed by atoms with van der Waals surface area (Å²) in [6, 6.07) is 12.3. The Morgan fingerprint density at radius 3 is 2.39 bits per heavy atom. The number of piperidine rings is 1. The van der Waals surface area contributed by atoms with E-state index in [2.05, 4.69) is 10.1 Å². The van der Waals surface area contributed by atoms with E-state index in [1.165, 1.54) is 19.2 Å². The van der Waals surface area contributed by atoms with E-state index in [1.807, 2.05) is 0 Å². The zero-order valence-electron chi connectivity index (χ0n) is 18.5. The second-order valence-corrected chi connectivity index (χ2v) is 8.51. The molecule has 1 spiro atoms. The third kappa shape index (κ3) is 5.06. The Bertz CT molecular complexity index is 1030. The highest BCUT2D eigenvalue weighted by atomic mass is 19.1. The standard InChI is InChI=1S/C25H27FN2O5/c1-32-24(31)18-8-6-17(7-9-18)23(30)28-14-12-25(13-15-28)11-10-19(33-25)16-27-22(29)20-4-2-3-5-21(20)26/h2-9,19H,10-16H2,1H3,(H,27,29). The van der Waals surface area contributed by atoms with Crippen LogP contribution in [0.5, 0.6) is 0 Å². The Labute approximate surface area is 191 Å². The second kappa shape index (κ2) is 9.70. The molecule has 2 aliphatic rings. The summed E-state index contributed by atoms with van der Waals surface area (Å²) in [5.74, 6) is -1.51. The van der Waals surface area contributed by atoms with Crippen LogP contribution in [0.3, 0.4) is 0 Å².